The predicted molar refractivity (Wildman–Crippen MR) is 130 cm³/mol. The number of nitrogens with two attached hydrogens (primary N) is 1. The van der Waals surface area contributed by atoms with Gasteiger partial charge >= 0.3 is 0 Å². The minimum absolute atomic E-state index is 0.127. The van der Waals surface area contributed by atoms with Gasteiger partial charge in [-0.15, -0.1) is 0 Å². The number of aromatic nitrogens is 3. The summed E-state index contributed by atoms with van der Waals surface area (Å²) in [4.78, 5) is 33.5. The second-order valence-electron chi connectivity index (χ2n) is 8.37. The van der Waals surface area contributed by atoms with E-state index in [1.165, 1.54) is 18.2 Å². The summed E-state index contributed by atoms with van der Waals surface area (Å²) in [5, 5.41) is 4.24. The Morgan fingerprint density at radius 2 is 1.97 bits per heavy atom. The third-order valence-electron chi connectivity index (χ3n) is 5.98. The average molecular weight is 478 g/mol. The van der Waals surface area contributed by atoms with E-state index in [0.29, 0.717) is 42.8 Å². The fourth-order valence-electron chi connectivity index (χ4n) is 4.25. The van der Waals surface area contributed by atoms with Crippen LogP contribution in [0.5, 0.6) is 0 Å². The molecule has 0 saturated carbocycles. The van der Waals surface area contributed by atoms with Crippen molar-refractivity contribution in [1.29, 1.82) is 0 Å². The molecule has 0 saturated heterocycles. The van der Waals surface area contributed by atoms with Gasteiger partial charge in [0.15, 0.2) is 0 Å². The van der Waals surface area contributed by atoms with Gasteiger partial charge in [0, 0.05) is 12.1 Å². The summed E-state index contributed by atoms with van der Waals surface area (Å²) >= 11 is 0. The molecule has 1 atom stereocenters. The van der Waals surface area contributed by atoms with Gasteiger partial charge in [0.2, 0.25) is 0 Å². The molecule has 2 N–H and O–H groups in total. The summed E-state index contributed by atoms with van der Waals surface area (Å²) in [7, 11) is 0. The number of amides is 1. The van der Waals surface area contributed by atoms with E-state index in [0.717, 1.165) is 5.56 Å². The van der Waals surface area contributed by atoms with E-state index in [-0.39, 0.29) is 29.3 Å². The fraction of sp³-hybridized carbons (Fsp3) is 0.308. The quantitative estimate of drug-likeness (QED) is 0.393. The molecule has 2 aromatic carbocycles. The van der Waals surface area contributed by atoms with Crippen molar-refractivity contribution in [2.45, 2.75) is 39.3 Å². The maximum atomic E-state index is 13.9. The van der Waals surface area contributed by atoms with Crippen LogP contribution in [0.4, 0.5) is 4.39 Å². The van der Waals surface area contributed by atoms with Crippen molar-refractivity contribution in [2.24, 2.45) is 5.73 Å². The summed E-state index contributed by atoms with van der Waals surface area (Å²) in [5.41, 5.74) is 7.18. The van der Waals surface area contributed by atoms with E-state index >= 15 is 0 Å². The summed E-state index contributed by atoms with van der Waals surface area (Å²) in [5.74, 6) is -0.480. The monoisotopic (exact) mass is 477 g/mol. The number of carbonyl (C=O) groups excluding carboxylic acids is 1. The largest absolute Gasteiger partial charge is 0.335 e. The second-order valence-corrected chi connectivity index (χ2v) is 8.37. The van der Waals surface area contributed by atoms with E-state index in [9.17, 15) is 14.0 Å². The summed E-state index contributed by atoms with van der Waals surface area (Å²) in [6.45, 7) is 4.55. The van der Waals surface area contributed by atoms with E-state index in [2.05, 4.69) is 10.1 Å². The zero-order chi connectivity index (χ0) is 24.9. The molecule has 1 amide bonds. The highest BCUT2D eigenvalue weighted by Gasteiger charge is 2.30. The van der Waals surface area contributed by atoms with Crippen LogP contribution in [0.15, 0.2) is 63.9 Å². The first kappa shape index (κ1) is 24.3. The highest BCUT2D eigenvalue weighted by molar-refractivity contribution is 5.94. The van der Waals surface area contributed by atoms with Crippen molar-refractivity contribution in [3.8, 4) is 0 Å². The number of aryl methyl sites for hydroxylation is 1. The van der Waals surface area contributed by atoms with Crippen LogP contribution in [0, 0.1) is 12.7 Å². The average Bonchev–Trinajstić information content (AvgIpc) is 3.24. The number of halogens is 1. The van der Waals surface area contributed by atoms with Crippen LogP contribution in [-0.2, 0) is 6.54 Å². The van der Waals surface area contributed by atoms with E-state index in [4.69, 9.17) is 10.3 Å². The van der Waals surface area contributed by atoms with Gasteiger partial charge in [-0.3, -0.25) is 14.2 Å². The lowest BCUT2D eigenvalue weighted by atomic mass is 10.1. The van der Waals surface area contributed by atoms with Crippen molar-refractivity contribution in [3.63, 3.8) is 0 Å². The Hall–Kier alpha value is -3.85. The first-order valence-corrected chi connectivity index (χ1v) is 11.6. The van der Waals surface area contributed by atoms with Crippen LogP contribution in [0.25, 0.3) is 11.1 Å². The third-order valence-corrected chi connectivity index (χ3v) is 5.98. The molecule has 2 heterocycles. The Bertz CT molecular complexity index is 1380. The fourth-order valence-corrected chi connectivity index (χ4v) is 4.25. The van der Waals surface area contributed by atoms with Gasteiger partial charge in [-0.05, 0) is 50.1 Å². The van der Waals surface area contributed by atoms with Gasteiger partial charge in [-0.25, -0.2) is 4.39 Å². The van der Waals surface area contributed by atoms with Crippen LogP contribution >= 0.6 is 0 Å². The van der Waals surface area contributed by atoms with Crippen molar-refractivity contribution in [1.82, 2.24) is 19.6 Å². The number of carbonyl (C=O) groups is 1. The van der Waals surface area contributed by atoms with Gasteiger partial charge < -0.3 is 15.2 Å². The highest BCUT2D eigenvalue weighted by atomic mass is 19.1. The molecule has 4 aromatic rings. The SMILES string of the molecule is CCC(c1nc2onc(C)c2c(=O)n1Cc1ccccc1)N(CCCN)C(=O)c1cccc(F)c1. The Morgan fingerprint density at radius 3 is 2.66 bits per heavy atom. The molecule has 0 bridgehead atoms. The molecule has 0 spiro atoms. The van der Waals surface area contributed by atoms with Crippen molar-refractivity contribution < 1.29 is 13.7 Å². The molecular formula is C26H28FN5O3. The molecule has 0 aliphatic heterocycles. The minimum atomic E-state index is -0.580. The van der Waals surface area contributed by atoms with Gasteiger partial charge in [-0.1, -0.05) is 48.5 Å². The maximum absolute atomic E-state index is 13.9. The molecule has 0 aliphatic rings. The molecule has 35 heavy (non-hydrogen) atoms. The van der Waals surface area contributed by atoms with E-state index in [1.807, 2.05) is 37.3 Å². The normalized spacial score (nSPS) is 12.1. The van der Waals surface area contributed by atoms with E-state index < -0.39 is 11.9 Å². The topological polar surface area (TPSA) is 107 Å². The number of nitrogens with zero attached hydrogens (tertiary/aromatic N) is 4. The number of hydrogen-bond acceptors (Lipinski definition) is 6. The number of rotatable bonds is 9. The zero-order valence-corrected chi connectivity index (χ0v) is 19.8. The van der Waals surface area contributed by atoms with Crippen LogP contribution in [0.2, 0.25) is 0 Å². The second kappa shape index (κ2) is 10.6. The van der Waals surface area contributed by atoms with Gasteiger partial charge in [0.1, 0.15) is 17.0 Å². The molecule has 1 unspecified atom stereocenters. The number of hydrogen-bond donors (Lipinski definition) is 1. The molecule has 0 aliphatic carbocycles. The lowest BCUT2D eigenvalue weighted by molar-refractivity contribution is 0.0655. The summed E-state index contributed by atoms with van der Waals surface area (Å²) in [6.07, 6.45) is 0.996. The Kier molecular flexibility index (Phi) is 7.36. The van der Waals surface area contributed by atoms with Crippen molar-refractivity contribution in [3.05, 3.63) is 93.4 Å². The molecule has 0 fully saturated rings. The first-order chi connectivity index (χ1) is 16.9. The molecule has 9 heteroatoms. The Morgan fingerprint density at radius 1 is 1.20 bits per heavy atom. The lowest BCUT2D eigenvalue weighted by Gasteiger charge is -2.32. The predicted octanol–water partition coefficient (Wildman–Crippen LogP) is 3.82. The van der Waals surface area contributed by atoms with Gasteiger partial charge in [0.05, 0.1) is 18.3 Å². The van der Waals surface area contributed by atoms with Crippen LogP contribution in [0.3, 0.4) is 0 Å². The van der Waals surface area contributed by atoms with E-state index in [1.54, 1.807) is 22.5 Å². The molecule has 0 radical (unpaired) electrons. The molecule has 2 aromatic heterocycles. The lowest BCUT2D eigenvalue weighted by Crippen LogP contribution is -2.40. The van der Waals surface area contributed by atoms with Crippen LogP contribution in [0.1, 0.15) is 53.2 Å². The first-order valence-electron chi connectivity index (χ1n) is 11.6. The summed E-state index contributed by atoms with van der Waals surface area (Å²) < 4.78 is 20.8. The van der Waals surface area contributed by atoms with Gasteiger partial charge in [-0.2, -0.15) is 4.98 Å². The molecule has 8 nitrogen and oxygen atoms in total. The maximum Gasteiger partial charge on any atom is 0.267 e. The Balaban J connectivity index is 1.88. The number of benzene rings is 2. The number of fused-ring (bicyclic) bond motifs is 1. The highest BCUT2D eigenvalue weighted by Crippen LogP contribution is 2.27. The van der Waals surface area contributed by atoms with Crippen molar-refractivity contribution >= 4 is 17.0 Å². The zero-order valence-electron chi connectivity index (χ0n) is 19.8. The minimum Gasteiger partial charge on any atom is -0.335 e. The molecule has 4 rings (SSSR count). The molecular weight excluding hydrogens is 449 g/mol. The van der Waals surface area contributed by atoms with Gasteiger partial charge in [0.25, 0.3) is 17.2 Å². The molecule has 182 valence electrons. The third kappa shape index (κ3) is 5.00. The van der Waals surface area contributed by atoms with Crippen LogP contribution in [-0.4, -0.2) is 38.6 Å². The standard InChI is InChI=1S/C26H28FN5O3/c1-3-21(31(14-8-13-28)25(33)19-11-7-12-20(27)15-19)23-29-24-22(17(2)30-35-24)26(34)32(23)16-18-9-5-4-6-10-18/h4-7,9-12,15,21H,3,8,13-14,16,28H2,1-2H3. The van der Waals surface area contributed by atoms with Crippen LogP contribution < -0.4 is 11.3 Å². The summed E-state index contributed by atoms with van der Waals surface area (Å²) in [6, 6.07) is 14.5. The smallest absolute Gasteiger partial charge is 0.267 e. The Labute approximate surface area is 202 Å². The van der Waals surface area contributed by atoms with Crippen molar-refractivity contribution in [2.75, 3.05) is 13.1 Å².